The lowest BCUT2D eigenvalue weighted by Gasteiger charge is -1.94. The van der Waals surface area contributed by atoms with Crippen molar-refractivity contribution in [3.63, 3.8) is 0 Å². The van der Waals surface area contributed by atoms with Crippen molar-refractivity contribution in [2.45, 2.75) is 0 Å². The number of nitrogens with zero attached hydrogens (tertiary/aromatic N) is 4. The van der Waals surface area contributed by atoms with Gasteiger partial charge >= 0.3 is 0 Å². The molecule has 12 heavy (non-hydrogen) atoms. The van der Waals surface area contributed by atoms with Gasteiger partial charge in [0, 0.05) is 0 Å². The lowest BCUT2D eigenvalue weighted by atomic mass is 10.6. The summed E-state index contributed by atoms with van der Waals surface area (Å²) in [6, 6.07) is 0. The molecule has 0 atom stereocenters. The van der Waals surface area contributed by atoms with Crippen molar-refractivity contribution in [2.75, 3.05) is 5.84 Å². The Hall–Kier alpha value is -1.07. The summed E-state index contributed by atoms with van der Waals surface area (Å²) in [5, 5.41) is 0.258. The molecule has 0 bridgehead atoms. The monoisotopic (exact) mass is 203 g/mol. The summed E-state index contributed by atoms with van der Waals surface area (Å²) in [6.45, 7) is 0. The summed E-state index contributed by atoms with van der Waals surface area (Å²) in [7, 11) is 0. The average molecular weight is 204 g/mol. The second-order valence-corrected chi connectivity index (χ2v) is 2.80. The molecule has 0 saturated carbocycles. The van der Waals surface area contributed by atoms with E-state index in [-0.39, 0.29) is 10.4 Å². The van der Waals surface area contributed by atoms with Crippen molar-refractivity contribution in [1.82, 2.24) is 19.6 Å². The van der Waals surface area contributed by atoms with Gasteiger partial charge in [-0.05, 0) is 11.6 Å². The third-order valence-electron chi connectivity index (χ3n) is 1.35. The highest BCUT2D eigenvalue weighted by atomic mass is 35.5. The molecule has 0 amide bonds. The molecular formula is C5H3Cl2N5. The largest absolute Gasteiger partial charge is 0.336 e. The summed E-state index contributed by atoms with van der Waals surface area (Å²) >= 11 is 11.3. The molecule has 0 aliphatic carbocycles. The van der Waals surface area contributed by atoms with Gasteiger partial charge in [-0.2, -0.15) is 4.98 Å². The number of halogens is 2. The van der Waals surface area contributed by atoms with Crippen molar-refractivity contribution in [3.05, 3.63) is 16.8 Å². The van der Waals surface area contributed by atoms with Crippen molar-refractivity contribution >= 4 is 34.4 Å². The molecule has 2 aromatic heterocycles. The molecule has 0 unspecified atom stereocenters. The van der Waals surface area contributed by atoms with E-state index in [1.54, 1.807) is 0 Å². The fourth-order valence-electron chi connectivity index (χ4n) is 0.857. The summed E-state index contributed by atoms with van der Waals surface area (Å²) in [5.74, 6) is 5.46. The Bertz CT molecular complexity index is 437. The molecule has 2 aromatic rings. The van der Waals surface area contributed by atoms with Gasteiger partial charge in [-0.15, -0.1) is 0 Å². The summed E-state index contributed by atoms with van der Waals surface area (Å²) in [4.78, 5) is 11.4. The molecule has 0 fully saturated rings. The lowest BCUT2D eigenvalue weighted by Crippen LogP contribution is -2.06. The predicted molar refractivity (Wildman–Crippen MR) is 45.5 cm³/mol. The van der Waals surface area contributed by atoms with Gasteiger partial charge in [0.15, 0.2) is 10.8 Å². The van der Waals surface area contributed by atoms with Gasteiger partial charge in [0.2, 0.25) is 5.28 Å². The van der Waals surface area contributed by atoms with Gasteiger partial charge in [0.05, 0.1) is 0 Å². The number of fused-ring (bicyclic) bond motifs is 1. The Balaban J connectivity index is 2.92. The van der Waals surface area contributed by atoms with E-state index in [2.05, 4.69) is 15.0 Å². The third kappa shape index (κ3) is 0.981. The normalized spacial score (nSPS) is 10.8. The van der Waals surface area contributed by atoms with E-state index >= 15 is 0 Å². The van der Waals surface area contributed by atoms with E-state index in [9.17, 15) is 0 Å². The maximum atomic E-state index is 5.71. The van der Waals surface area contributed by atoms with Crippen LogP contribution in [-0.2, 0) is 0 Å². The Kier molecular flexibility index (Phi) is 1.55. The van der Waals surface area contributed by atoms with Crippen LogP contribution in [0.15, 0.2) is 6.33 Å². The Morgan fingerprint density at radius 1 is 1.33 bits per heavy atom. The van der Waals surface area contributed by atoms with E-state index < -0.39 is 0 Å². The molecule has 62 valence electrons. The van der Waals surface area contributed by atoms with Crippen molar-refractivity contribution in [3.8, 4) is 0 Å². The summed E-state index contributed by atoms with van der Waals surface area (Å²) in [6.07, 6.45) is 1.39. The Morgan fingerprint density at radius 3 is 2.83 bits per heavy atom. The van der Waals surface area contributed by atoms with Crippen LogP contribution in [0.2, 0.25) is 10.4 Å². The molecule has 0 aliphatic heterocycles. The number of hydrogen-bond acceptors (Lipinski definition) is 4. The van der Waals surface area contributed by atoms with Gasteiger partial charge in [-0.1, -0.05) is 11.6 Å². The van der Waals surface area contributed by atoms with Crippen molar-refractivity contribution in [1.29, 1.82) is 0 Å². The quantitative estimate of drug-likeness (QED) is 0.392. The van der Waals surface area contributed by atoms with Gasteiger partial charge < -0.3 is 5.84 Å². The number of rotatable bonds is 0. The van der Waals surface area contributed by atoms with Crippen LogP contribution >= 0.6 is 23.2 Å². The highest BCUT2D eigenvalue weighted by Gasteiger charge is 2.08. The van der Waals surface area contributed by atoms with E-state index in [4.69, 9.17) is 29.0 Å². The van der Waals surface area contributed by atoms with Crippen molar-refractivity contribution in [2.24, 2.45) is 0 Å². The highest BCUT2D eigenvalue weighted by Crippen LogP contribution is 2.18. The van der Waals surface area contributed by atoms with Gasteiger partial charge in [0.1, 0.15) is 11.8 Å². The zero-order chi connectivity index (χ0) is 8.72. The number of imidazole rings is 1. The van der Waals surface area contributed by atoms with Gasteiger partial charge in [0.25, 0.3) is 0 Å². The molecule has 5 nitrogen and oxygen atoms in total. The van der Waals surface area contributed by atoms with Gasteiger partial charge in [-0.25, -0.2) is 14.6 Å². The van der Waals surface area contributed by atoms with E-state index in [1.165, 1.54) is 11.0 Å². The molecule has 0 aromatic carbocycles. The van der Waals surface area contributed by atoms with Crippen LogP contribution < -0.4 is 5.84 Å². The number of hydrogen-bond donors (Lipinski definition) is 1. The second-order valence-electron chi connectivity index (χ2n) is 2.11. The van der Waals surface area contributed by atoms with Gasteiger partial charge in [-0.3, -0.25) is 0 Å². The molecule has 0 spiro atoms. The molecule has 2 heterocycles. The minimum Gasteiger partial charge on any atom is -0.336 e. The SMILES string of the molecule is Nn1cnc2c(Cl)nc(Cl)nc21. The molecule has 0 saturated heterocycles. The highest BCUT2D eigenvalue weighted by molar-refractivity contribution is 6.35. The minimum atomic E-state index is 0.0553. The molecule has 7 heteroatoms. The standard InChI is InChI=1S/C5H3Cl2N5/c6-3-2-4(11-5(7)10-3)12(8)1-9-2/h1H,8H2. The first-order chi connectivity index (χ1) is 5.68. The fraction of sp³-hybridized carbons (Fsp3) is 0. The smallest absolute Gasteiger partial charge is 0.225 e. The predicted octanol–water partition coefficient (Wildman–Crippen LogP) is 0.847. The summed E-state index contributed by atoms with van der Waals surface area (Å²) < 4.78 is 1.23. The zero-order valence-electron chi connectivity index (χ0n) is 5.70. The van der Waals surface area contributed by atoms with Crippen LogP contribution in [0, 0.1) is 0 Å². The first-order valence-corrected chi connectivity index (χ1v) is 3.75. The van der Waals surface area contributed by atoms with Crippen LogP contribution in [0.5, 0.6) is 0 Å². The maximum Gasteiger partial charge on any atom is 0.225 e. The fourth-order valence-corrected chi connectivity index (χ4v) is 1.28. The average Bonchev–Trinajstić information content (AvgIpc) is 2.33. The lowest BCUT2D eigenvalue weighted by molar-refractivity contribution is 1.01. The molecule has 2 rings (SSSR count). The number of aromatic nitrogens is 4. The first kappa shape index (κ1) is 7.57. The van der Waals surface area contributed by atoms with Crippen LogP contribution in [0.3, 0.4) is 0 Å². The second kappa shape index (κ2) is 2.46. The van der Waals surface area contributed by atoms with Crippen LogP contribution in [0.25, 0.3) is 11.2 Å². The minimum absolute atomic E-state index is 0.0553. The van der Waals surface area contributed by atoms with E-state index in [1.807, 2.05) is 0 Å². The zero-order valence-corrected chi connectivity index (χ0v) is 7.21. The topological polar surface area (TPSA) is 69.6 Å². The Labute approximate surface area is 77.1 Å². The maximum absolute atomic E-state index is 5.71. The first-order valence-electron chi connectivity index (χ1n) is 2.99. The van der Waals surface area contributed by atoms with E-state index in [0.717, 1.165) is 0 Å². The number of nitrogens with two attached hydrogens (primary N) is 1. The van der Waals surface area contributed by atoms with Crippen LogP contribution in [0.1, 0.15) is 0 Å². The Morgan fingerprint density at radius 2 is 2.08 bits per heavy atom. The third-order valence-corrected chi connectivity index (χ3v) is 1.78. The summed E-state index contributed by atoms with van der Waals surface area (Å²) in [5.41, 5.74) is 0.864. The molecule has 2 N–H and O–H groups in total. The number of nitrogen functional groups attached to an aromatic ring is 1. The van der Waals surface area contributed by atoms with Crippen LogP contribution in [0.4, 0.5) is 0 Å². The van der Waals surface area contributed by atoms with Crippen molar-refractivity contribution < 1.29 is 0 Å². The molecular weight excluding hydrogens is 201 g/mol. The van der Waals surface area contributed by atoms with Crippen LogP contribution in [-0.4, -0.2) is 19.6 Å². The molecule has 0 radical (unpaired) electrons. The molecule has 0 aliphatic rings. The van der Waals surface area contributed by atoms with E-state index in [0.29, 0.717) is 11.2 Å².